The summed E-state index contributed by atoms with van der Waals surface area (Å²) >= 11 is 1.10. The van der Waals surface area contributed by atoms with E-state index < -0.39 is 0 Å². The summed E-state index contributed by atoms with van der Waals surface area (Å²) in [5.41, 5.74) is 1.87. The van der Waals surface area contributed by atoms with E-state index in [0.717, 1.165) is 22.8 Å². The summed E-state index contributed by atoms with van der Waals surface area (Å²) < 4.78 is 4.08. The Hall–Kier alpha value is -1.35. The molecule has 1 aromatic carbocycles. The van der Waals surface area contributed by atoms with Crippen molar-refractivity contribution in [2.75, 3.05) is 0 Å². The minimum Gasteiger partial charge on any atom is -0.498 e. The van der Waals surface area contributed by atoms with Gasteiger partial charge < -0.3 is 5.11 Å². The summed E-state index contributed by atoms with van der Waals surface area (Å²) in [6.07, 6.45) is 0. The molecule has 2 aromatic rings. The second-order valence-electron chi connectivity index (χ2n) is 2.42. The molecule has 0 saturated carbocycles. The highest BCUT2D eigenvalue weighted by Crippen LogP contribution is 2.25. The van der Waals surface area contributed by atoms with Crippen LogP contribution in [0.4, 0.5) is 0 Å². The summed E-state index contributed by atoms with van der Waals surface area (Å²) in [7, 11) is 0. The highest BCUT2D eigenvalue weighted by molar-refractivity contribution is 7.07. The summed E-state index contributed by atoms with van der Waals surface area (Å²) in [6, 6.07) is 11.5. The molecule has 0 aliphatic carbocycles. The molecule has 2 rings (SSSR count). The zero-order chi connectivity index (χ0) is 8.39. The van der Waals surface area contributed by atoms with Crippen LogP contribution in [-0.4, -0.2) is 9.48 Å². The molecule has 0 saturated heterocycles. The van der Waals surface area contributed by atoms with Gasteiger partial charge in [-0.1, -0.05) is 30.3 Å². The summed E-state index contributed by atoms with van der Waals surface area (Å²) in [5.74, 6) is 0. The molecule has 0 unspecified atom stereocenters. The number of rotatable bonds is 1. The molecule has 1 aromatic heterocycles. The Balaban J connectivity index is 2.45. The molecule has 3 heteroatoms. The van der Waals surface area contributed by atoms with Gasteiger partial charge in [-0.25, -0.2) is 0 Å². The largest absolute Gasteiger partial charge is 0.498 e. The van der Waals surface area contributed by atoms with Crippen LogP contribution in [0.5, 0.6) is 5.06 Å². The second-order valence-corrected chi connectivity index (χ2v) is 3.20. The number of aromatic nitrogens is 1. The van der Waals surface area contributed by atoms with E-state index >= 15 is 0 Å². The van der Waals surface area contributed by atoms with Crippen molar-refractivity contribution in [3.8, 4) is 16.3 Å². The van der Waals surface area contributed by atoms with Crippen LogP contribution >= 0.6 is 11.5 Å². The molecule has 0 fully saturated rings. The smallest absolute Gasteiger partial charge is 0.191 e. The van der Waals surface area contributed by atoms with E-state index in [1.165, 1.54) is 0 Å². The van der Waals surface area contributed by atoms with Crippen molar-refractivity contribution in [2.45, 2.75) is 0 Å². The highest BCUT2D eigenvalue weighted by Gasteiger charge is 2.00. The molecule has 60 valence electrons. The molecule has 0 amide bonds. The van der Waals surface area contributed by atoms with Gasteiger partial charge in [0.25, 0.3) is 0 Å². The number of aromatic hydroxyl groups is 1. The molecule has 12 heavy (non-hydrogen) atoms. The van der Waals surface area contributed by atoms with Gasteiger partial charge in [0.2, 0.25) is 0 Å². The zero-order valence-corrected chi connectivity index (χ0v) is 7.08. The van der Waals surface area contributed by atoms with Crippen molar-refractivity contribution in [3.05, 3.63) is 36.4 Å². The first kappa shape index (κ1) is 7.31. The maximum atomic E-state index is 9.07. The van der Waals surface area contributed by atoms with E-state index in [0.29, 0.717) is 0 Å². The lowest BCUT2D eigenvalue weighted by molar-refractivity contribution is 0.491. The molecule has 2 nitrogen and oxygen atoms in total. The SMILES string of the molecule is Oc1cc(-c2ccccc2)ns1. The van der Waals surface area contributed by atoms with Crippen LogP contribution in [0.3, 0.4) is 0 Å². The van der Waals surface area contributed by atoms with Crippen molar-refractivity contribution in [2.24, 2.45) is 0 Å². The van der Waals surface area contributed by atoms with Crippen LogP contribution in [0, 0.1) is 0 Å². The predicted molar refractivity (Wildman–Crippen MR) is 49.2 cm³/mol. The summed E-state index contributed by atoms with van der Waals surface area (Å²) in [6.45, 7) is 0. The first-order valence-electron chi connectivity index (χ1n) is 3.57. The van der Waals surface area contributed by atoms with Crippen LogP contribution in [0.1, 0.15) is 0 Å². The van der Waals surface area contributed by atoms with Gasteiger partial charge in [0, 0.05) is 23.2 Å². The Kier molecular flexibility index (Phi) is 1.80. The van der Waals surface area contributed by atoms with Crippen molar-refractivity contribution in [1.82, 2.24) is 4.37 Å². The predicted octanol–water partition coefficient (Wildman–Crippen LogP) is 2.52. The molecular formula is C9H7NOS. The van der Waals surface area contributed by atoms with E-state index in [1.54, 1.807) is 6.07 Å². The maximum absolute atomic E-state index is 9.07. The van der Waals surface area contributed by atoms with Crippen LogP contribution in [-0.2, 0) is 0 Å². The molecule has 0 atom stereocenters. The Bertz CT molecular complexity index is 369. The van der Waals surface area contributed by atoms with Crippen molar-refractivity contribution >= 4 is 11.5 Å². The van der Waals surface area contributed by atoms with Gasteiger partial charge in [0.15, 0.2) is 5.06 Å². The second kappa shape index (κ2) is 2.95. The Morgan fingerprint density at radius 2 is 1.92 bits per heavy atom. The van der Waals surface area contributed by atoms with Gasteiger partial charge in [-0.05, 0) is 0 Å². The first-order chi connectivity index (χ1) is 5.86. The number of nitrogens with zero attached hydrogens (tertiary/aromatic N) is 1. The zero-order valence-electron chi connectivity index (χ0n) is 6.27. The van der Waals surface area contributed by atoms with E-state index in [-0.39, 0.29) is 5.06 Å². The fourth-order valence-electron chi connectivity index (χ4n) is 1.01. The Morgan fingerprint density at radius 3 is 2.50 bits per heavy atom. The average molecular weight is 177 g/mol. The van der Waals surface area contributed by atoms with Gasteiger partial charge >= 0.3 is 0 Å². The summed E-state index contributed by atoms with van der Waals surface area (Å²) in [4.78, 5) is 0. The third-order valence-electron chi connectivity index (χ3n) is 1.57. The maximum Gasteiger partial charge on any atom is 0.191 e. The average Bonchev–Trinajstić information content (AvgIpc) is 2.54. The third-order valence-corrected chi connectivity index (χ3v) is 2.16. The van der Waals surface area contributed by atoms with Crippen LogP contribution < -0.4 is 0 Å². The number of hydrogen-bond donors (Lipinski definition) is 1. The summed E-state index contributed by atoms with van der Waals surface area (Å²) in [5, 5.41) is 9.33. The highest BCUT2D eigenvalue weighted by atomic mass is 32.1. The van der Waals surface area contributed by atoms with Crippen molar-refractivity contribution in [3.63, 3.8) is 0 Å². The van der Waals surface area contributed by atoms with Gasteiger partial charge in [0.1, 0.15) is 0 Å². The standard InChI is InChI=1S/C9H7NOS/c11-9-6-8(10-12-9)7-4-2-1-3-5-7/h1-6,11H. The lowest BCUT2D eigenvalue weighted by atomic mass is 10.2. The molecule has 1 N–H and O–H groups in total. The van der Waals surface area contributed by atoms with Gasteiger partial charge in [-0.15, -0.1) is 0 Å². The molecule has 0 bridgehead atoms. The van der Waals surface area contributed by atoms with E-state index in [9.17, 15) is 0 Å². The molecule has 1 heterocycles. The Morgan fingerprint density at radius 1 is 1.17 bits per heavy atom. The number of hydrogen-bond acceptors (Lipinski definition) is 3. The molecule has 0 radical (unpaired) electrons. The lowest BCUT2D eigenvalue weighted by Gasteiger charge is -1.91. The van der Waals surface area contributed by atoms with Crippen LogP contribution in [0.15, 0.2) is 36.4 Å². The number of benzene rings is 1. The van der Waals surface area contributed by atoms with Crippen molar-refractivity contribution < 1.29 is 5.11 Å². The molecule has 0 aliphatic heterocycles. The Labute approximate surface area is 74.3 Å². The normalized spacial score (nSPS) is 10.0. The van der Waals surface area contributed by atoms with E-state index in [2.05, 4.69) is 4.37 Å². The fourth-order valence-corrected chi connectivity index (χ4v) is 1.52. The minimum absolute atomic E-state index is 0.258. The molecular weight excluding hydrogens is 170 g/mol. The monoisotopic (exact) mass is 177 g/mol. The van der Waals surface area contributed by atoms with E-state index in [4.69, 9.17) is 5.11 Å². The molecule has 0 spiro atoms. The van der Waals surface area contributed by atoms with Crippen LogP contribution in [0.25, 0.3) is 11.3 Å². The fraction of sp³-hybridized carbons (Fsp3) is 0. The third kappa shape index (κ3) is 1.31. The lowest BCUT2D eigenvalue weighted by Crippen LogP contribution is -1.72. The van der Waals surface area contributed by atoms with Gasteiger partial charge in [0.05, 0.1) is 5.69 Å². The topological polar surface area (TPSA) is 33.1 Å². The van der Waals surface area contributed by atoms with Gasteiger partial charge in [-0.2, -0.15) is 4.37 Å². The molecule has 0 aliphatic rings. The van der Waals surface area contributed by atoms with Gasteiger partial charge in [-0.3, -0.25) is 0 Å². The quantitative estimate of drug-likeness (QED) is 0.726. The minimum atomic E-state index is 0.258. The van der Waals surface area contributed by atoms with Crippen LogP contribution in [0.2, 0.25) is 0 Å². The van der Waals surface area contributed by atoms with E-state index in [1.807, 2.05) is 30.3 Å². The van der Waals surface area contributed by atoms with Crippen molar-refractivity contribution in [1.29, 1.82) is 0 Å². The first-order valence-corrected chi connectivity index (χ1v) is 4.35.